The quantitative estimate of drug-likeness (QED) is 0.131. The van der Waals surface area contributed by atoms with E-state index in [2.05, 4.69) is 99.7 Å². The monoisotopic (exact) mass is 846 g/mol. The number of nitrogens with one attached hydrogen (secondary N) is 1. The summed E-state index contributed by atoms with van der Waals surface area (Å²) in [6, 6.07) is 20.1. The van der Waals surface area contributed by atoms with Crippen molar-refractivity contribution in [2.75, 3.05) is 0 Å². The number of aromatic amines is 1. The zero-order chi connectivity index (χ0) is 41.4. The van der Waals surface area contributed by atoms with Crippen LogP contribution in [0.5, 0.6) is 0 Å². The maximum Gasteiger partial charge on any atom is 0.171 e. The van der Waals surface area contributed by atoms with E-state index in [0.717, 1.165) is 83.3 Å². The number of aliphatic hydroxyl groups is 2. The van der Waals surface area contributed by atoms with Gasteiger partial charge in [0.15, 0.2) is 13.9 Å². The largest absolute Gasteiger partial charge is 0.386 e. The van der Waals surface area contributed by atoms with E-state index in [4.69, 9.17) is 15.0 Å². The maximum absolute atomic E-state index is 10.3. The van der Waals surface area contributed by atoms with Gasteiger partial charge in [0.25, 0.3) is 0 Å². The van der Waals surface area contributed by atoms with Gasteiger partial charge in [-0.05, 0) is 104 Å². The molecule has 0 unspecified atom stereocenters. The van der Waals surface area contributed by atoms with Gasteiger partial charge in [-0.2, -0.15) is 0 Å². The van der Waals surface area contributed by atoms with Gasteiger partial charge in [-0.15, -0.1) is 0 Å². The van der Waals surface area contributed by atoms with Gasteiger partial charge in [0.1, 0.15) is 17.3 Å². The molecule has 298 valence electrons. The number of hydrogen-bond acceptors (Lipinski definition) is 6. The molecule has 0 saturated carbocycles. The van der Waals surface area contributed by atoms with Gasteiger partial charge in [0.05, 0.1) is 61.7 Å². The van der Waals surface area contributed by atoms with E-state index in [9.17, 15) is 10.2 Å². The normalized spacial score (nSPS) is 12.9. The van der Waals surface area contributed by atoms with Crippen LogP contribution in [0.1, 0.15) is 92.0 Å². The number of aromatic nitrogens is 8. The lowest BCUT2D eigenvalue weighted by Crippen LogP contribution is -2.51. The Kier molecular flexibility index (Phi) is 10.4. The fourth-order valence-corrected chi connectivity index (χ4v) is 16.2. The Morgan fingerprint density at radius 2 is 1.07 bits per heavy atom. The summed E-state index contributed by atoms with van der Waals surface area (Å²) in [6.45, 7) is 25.5. The molecule has 8 rings (SSSR count). The lowest BCUT2D eigenvalue weighted by atomic mass is 9.97. The summed E-state index contributed by atoms with van der Waals surface area (Å²) in [5, 5.41) is 20.4. The highest BCUT2D eigenvalue weighted by Crippen LogP contribution is 2.44. The highest BCUT2D eigenvalue weighted by molar-refractivity contribution is 9.10. The van der Waals surface area contributed by atoms with Crippen LogP contribution in [-0.2, 0) is 11.2 Å². The fourth-order valence-electron chi connectivity index (χ4n) is 9.22. The van der Waals surface area contributed by atoms with E-state index < -0.39 is 19.4 Å². The van der Waals surface area contributed by atoms with Crippen molar-refractivity contribution >= 4 is 57.5 Å². The van der Waals surface area contributed by atoms with Gasteiger partial charge in [-0.1, -0.05) is 90.1 Å². The van der Waals surface area contributed by atoms with Crippen LogP contribution in [0.4, 0.5) is 0 Å². The third kappa shape index (κ3) is 6.94. The average molecular weight is 848 g/mol. The van der Waals surface area contributed by atoms with E-state index in [1.54, 1.807) is 27.7 Å². The molecule has 3 N–H and O–H groups in total. The first-order valence-corrected chi connectivity index (χ1v) is 22.8. The van der Waals surface area contributed by atoms with Crippen molar-refractivity contribution in [3.05, 3.63) is 107 Å². The van der Waals surface area contributed by atoms with Crippen molar-refractivity contribution in [2.45, 2.75) is 111 Å². The SMILES string of the molecule is Cc1nc(-c2ccc(C(C)(C)O)cc2)c2cnc3[nH]c(Br)cc3n12.Cc1nc(-c2ccc(C(C)(C)O)cc2)c2cnc3c(ccn3[Si](C(C)C)(C(C)C)C(C)C)n12. The van der Waals surface area contributed by atoms with Gasteiger partial charge in [0.2, 0.25) is 0 Å². The number of fused-ring (bicyclic) bond motifs is 6. The van der Waals surface area contributed by atoms with Gasteiger partial charge in [-0.25, -0.2) is 19.9 Å². The number of aryl methyl sites for hydroxylation is 2. The van der Waals surface area contributed by atoms with E-state index in [0.29, 0.717) is 16.6 Å². The number of H-pyrrole nitrogens is 1. The standard InChI is InChI=1S/C27H38N4OSi.C18H17BrN4O/c1-17(2)33(18(3)4,19(5)6)30-15-14-23-26(30)28-16-24-25(29-20(7)31(23)24)21-10-12-22(13-11-21)27(8,9)32;1-10-21-16(11-4-6-12(7-5-11)18(2,3)24)14-9-20-17-13(23(10)14)8-15(19)22-17/h10-19,32H,1-9H3;4-9,22,24H,1-3H3. The van der Waals surface area contributed by atoms with E-state index in [1.807, 2.05) is 73.9 Å². The molecule has 0 aliphatic carbocycles. The molecule has 8 aromatic rings. The summed E-state index contributed by atoms with van der Waals surface area (Å²) >= 11 is 3.46. The minimum atomic E-state index is -1.91. The first-order valence-electron chi connectivity index (χ1n) is 19.8. The van der Waals surface area contributed by atoms with Crippen molar-refractivity contribution in [3.63, 3.8) is 0 Å². The predicted octanol–water partition coefficient (Wildman–Crippen LogP) is 11.1. The lowest BCUT2D eigenvalue weighted by molar-refractivity contribution is 0.0780. The third-order valence-corrected chi connectivity index (χ3v) is 18.9. The molecule has 12 heteroatoms. The topological polar surface area (TPSA) is 122 Å². The summed E-state index contributed by atoms with van der Waals surface area (Å²) in [6.07, 6.45) is 6.10. The molecule has 0 aliphatic rings. The smallest absolute Gasteiger partial charge is 0.171 e. The zero-order valence-electron chi connectivity index (χ0n) is 35.1. The number of imidazole rings is 2. The second-order valence-corrected chi connectivity index (χ2v) is 23.9. The molecule has 0 spiro atoms. The van der Waals surface area contributed by atoms with Crippen molar-refractivity contribution in [3.8, 4) is 22.5 Å². The summed E-state index contributed by atoms with van der Waals surface area (Å²) < 4.78 is 7.79. The van der Waals surface area contributed by atoms with E-state index in [1.165, 1.54) is 0 Å². The summed E-state index contributed by atoms with van der Waals surface area (Å²) in [4.78, 5) is 22.4. The Bertz CT molecular complexity index is 2700. The van der Waals surface area contributed by atoms with Crippen LogP contribution in [0.15, 0.2) is 83.9 Å². The summed E-state index contributed by atoms with van der Waals surface area (Å²) in [7, 11) is -1.91. The van der Waals surface area contributed by atoms with Crippen molar-refractivity contribution in [2.24, 2.45) is 0 Å². The van der Waals surface area contributed by atoms with Crippen molar-refractivity contribution in [1.82, 2.24) is 38.0 Å². The van der Waals surface area contributed by atoms with Crippen molar-refractivity contribution < 1.29 is 10.2 Å². The highest BCUT2D eigenvalue weighted by Gasteiger charge is 2.46. The minimum Gasteiger partial charge on any atom is -0.386 e. The first-order chi connectivity index (χ1) is 26.7. The maximum atomic E-state index is 10.3. The first kappa shape index (κ1) is 40.6. The molecule has 0 atom stereocenters. The number of hydrogen-bond donors (Lipinski definition) is 3. The molecule has 6 aromatic heterocycles. The Morgan fingerprint density at radius 3 is 1.51 bits per heavy atom. The predicted molar refractivity (Wildman–Crippen MR) is 238 cm³/mol. The van der Waals surface area contributed by atoms with E-state index in [-0.39, 0.29) is 0 Å². The van der Waals surface area contributed by atoms with Gasteiger partial charge in [-0.3, -0.25) is 8.80 Å². The Balaban J connectivity index is 0.000000183. The number of benzene rings is 2. The third-order valence-electron chi connectivity index (χ3n) is 11.8. The summed E-state index contributed by atoms with van der Waals surface area (Å²) in [5.41, 5.74) is 11.7. The second kappa shape index (κ2) is 14.6. The molecular weight excluding hydrogens is 793 g/mol. The van der Waals surface area contributed by atoms with Crippen LogP contribution < -0.4 is 0 Å². The molecule has 0 aliphatic heterocycles. The van der Waals surface area contributed by atoms with Gasteiger partial charge < -0.3 is 19.4 Å². The molecule has 0 saturated heterocycles. The molecule has 0 fully saturated rings. The van der Waals surface area contributed by atoms with Crippen LogP contribution >= 0.6 is 15.9 Å². The van der Waals surface area contributed by atoms with Gasteiger partial charge >= 0.3 is 0 Å². The van der Waals surface area contributed by atoms with Crippen LogP contribution in [0.3, 0.4) is 0 Å². The molecule has 0 bridgehead atoms. The molecule has 6 heterocycles. The van der Waals surface area contributed by atoms with Crippen molar-refractivity contribution in [1.29, 1.82) is 0 Å². The fraction of sp³-hybridized carbons (Fsp3) is 0.378. The number of halogens is 1. The van der Waals surface area contributed by atoms with Crippen LogP contribution in [0.2, 0.25) is 16.6 Å². The minimum absolute atomic E-state index is 0.597. The Morgan fingerprint density at radius 1 is 0.632 bits per heavy atom. The molecule has 0 radical (unpaired) electrons. The van der Waals surface area contributed by atoms with Crippen LogP contribution in [-0.4, -0.2) is 56.4 Å². The average Bonchev–Trinajstić information content (AvgIpc) is 3.90. The number of rotatable bonds is 8. The molecule has 0 amide bonds. The van der Waals surface area contributed by atoms with Gasteiger partial charge in [0, 0.05) is 11.1 Å². The Labute approximate surface area is 344 Å². The highest BCUT2D eigenvalue weighted by atomic mass is 79.9. The van der Waals surface area contributed by atoms with Crippen LogP contribution in [0, 0.1) is 13.8 Å². The Hall–Kier alpha value is -4.62. The molecular formula is C45H55BrN8O2Si. The molecule has 57 heavy (non-hydrogen) atoms. The van der Waals surface area contributed by atoms with E-state index >= 15 is 0 Å². The summed E-state index contributed by atoms with van der Waals surface area (Å²) in [5.74, 6) is 1.87. The molecule has 2 aromatic carbocycles. The zero-order valence-corrected chi connectivity index (χ0v) is 37.7. The number of nitrogens with zero attached hydrogens (tertiary/aromatic N) is 7. The molecule has 10 nitrogen and oxygen atoms in total. The van der Waals surface area contributed by atoms with Crippen LogP contribution in [0.25, 0.3) is 55.9 Å². The second-order valence-electron chi connectivity index (χ2n) is 17.3. The lowest BCUT2D eigenvalue weighted by Gasteiger charge is -2.44.